The van der Waals surface area contributed by atoms with Crippen molar-refractivity contribution in [3.05, 3.63) is 52.9 Å². The highest BCUT2D eigenvalue weighted by molar-refractivity contribution is 7.21. The minimum Gasteiger partial charge on any atom is -0.497 e. The summed E-state index contributed by atoms with van der Waals surface area (Å²) in [6, 6.07) is 14.6. The number of carbonyl (C=O) groups excluding carboxylic acids is 1. The van der Waals surface area contributed by atoms with Crippen molar-refractivity contribution >= 4 is 43.9 Å². The number of pyridine rings is 1. The summed E-state index contributed by atoms with van der Waals surface area (Å²) in [4.78, 5) is 18.3. The van der Waals surface area contributed by atoms with E-state index in [9.17, 15) is 4.79 Å². The number of benzene rings is 2. The molecule has 3 heterocycles. The molecule has 1 aliphatic heterocycles. The summed E-state index contributed by atoms with van der Waals surface area (Å²) in [6.45, 7) is 4.85. The second-order valence-corrected chi connectivity index (χ2v) is 8.74. The number of ether oxygens (including phenoxy) is 1. The molecule has 0 saturated carbocycles. The predicted octanol–water partition coefficient (Wildman–Crippen LogP) is 5.23. The van der Waals surface area contributed by atoms with Crippen LogP contribution in [0, 0.1) is 0 Å². The topological polar surface area (TPSA) is 63.2 Å². The van der Waals surface area contributed by atoms with Crippen LogP contribution in [0.4, 0.5) is 5.69 Å². The summed E-state index contributed by atoms with van der Waals surface area (Å²) in [5, 5.41) is 8.66. The molecule has 2 N–H and O–H groups in total. The normalized spacial score (nSPS) is 16.1. The first-order valence-corrected chi connectivity index (χ1v) is 11.0. The van der Waals surface area contributed by atoms with Gasteiger partial charge < -0.3 is 15.4 Å². The van der Waals surface area contributed by atoms with Gasteiger partial charge in [-0.2, -0.15) is 0 Å². The molecule has 0 spiro atoms. The molecule has 0 saturated heterocycles. The number of hydrogen-bond donors (Lipinski definition) is 2. The molecule has 0 radical (unpaired) electrons. The van der Waals surface area contributed by atoms with Crippen molar-refractivity contribution in [2.75, 3.05) is 19.0 Å². The van der Waals surface area contributed by atoms with E-state index < -0.39 is 0 Å². The number of nitrogens with zero attached hydrogens (tertiary/aromatic N) is 1. The van der Waals surface area contributed by atoms with Crippen LogP contribution in [0.5, 0.6) is 5.75 Å². The van der Waals surface area contributed by atoms with Gasteiger partial charge in [0.2, 0.25) is 0 Å². The van der Waals surface area contributed by atoms with E-state index in [-0.39, 0.29) is 11.9 Å². The van der Waals surface area contributed by atoms with E-state index >= 15 is 0 Å². The lowest BCUT2D eigenvalue weighted by Crippen LogP contribution is -2.34. The largest absolute Gasteiger partial charge is 0.497 e. The van der Waals surface area contributed by atoms with Crippen molar-refractivity contribution < 1.29 is 9.53 Å². The van der Waals surface area contributed by atoms with Crippen molar-refractivity contribution in [1.29, 1.82) is 0 Å². The molecule has 1 amide bonds. The first kappa shape index (κ1) is 18.9. The van der Waals surface area contributed by atoms with Crippen LogP contribution < -0.4 is 15.4 Å². The highest BCUT2D eigenvalue weighted by atomic mass is 32.1. The zero-order valence-corrected chi connectivity index (χ0v) is 18.0. The summed E-state index contributed by atoms with van der Waals surface area (Å²) in [5.41, 5.74) is 5.02. The number of aryl methyl sites for hydroxylation is 1. The maximum atomic E-state index is 12.6. The highest BCUT2D eigenvalue weighted by Crippen LogP contribution is 2.41. The maximum absolute atomic E-state index is 12.6. The Morgan fingerprint density at radius 1 is 1.20 bits per heavy atom. The first-order valence-electron chi connectivity index (χ1n) is 10.2. The predicted molar refractivity (Wildman–Crippen MR) is 124 cm³/mol. The number of rotatable bonds is 3. The molecule has 6 heteroatoms. The summed E-state index contributed by atoms with van der Waals surface area (Å²) in [6.07, 6.45) is 0.936. The minimum absolute atomic E-state index is 0.00935. The molecule has 2 aromatic carbocycles. The second-order valence-electron chi connectivity index (χ2n) is 7.69. The van der Waals surface area contributed by atoms with Gasteiger partial charge in [0.15, 0.2) is 0 Å². The monoisotopic (exact) mass is 417 g/mol. The summed E-state index contributed by atoms with van der Waals surface area (Å²) >= 11 is 1.53. The van der Waals surface area contributed by atoms with Gasteiger partial charge in [0.25, 0.3) is 5.91 Å². The van der Waals surface area contributed by atoms with Crippen LogP contribution in [0.2, 0.25) is 0 Å². The number of fused-ring (bicyclic) bond motifs is 5. The number of amides is 1. The van der Waals surface area contributed by atoms with E-state index in [0.717, 1.165) is 55.0 Å². The van der Waals surface area contributed by atoms with E-state index in [2.05, 4.69) is 47.9 Å². The van der Waals surface area contributed by atoms with Gasteiger partial charge in [-0.25, -0.2) is 4.98 Å². The van der Waals surface area contributed by atoms with Gasteiger partial charge in [-0.15, -0.1) is 11.3 Å². The number of anilines is 1. The molecule has 2 aromatic heterocycles. The van der Waals surface area contributed by atoms with Gasteiger partial charge in [-0.3, -0.25) is 4.79 Å². The number of methoxy groups -OCH3 is 1. The van der Waals surface area contributed by atoms with Crippen molar-refractivity contribution in [2.45, 2.75) is 26.3 Å². The Morgan fingerprint density at radius 3 is 2.87 bits per heavy atom. The maximum Gasteiger partial charge on any atom is 0.263 e. The zero-order chi connectivity index (χ0) is 20.8. The van der Waals surface area contributed by atoms with Crippen LogP contribution in [0.3, 0.4) is 0 Å². The summed E-state index contributed by atoms with van der Waals surface area (Å²) in [7, 11) is 1.69. The Hall–Kier alpha value is -3.12. The quantitative estimate of drug-likeness (QED) is 0.479. The fourth-order valence-electron chi connectivity index (χ4n) is 4.02. The van der Waals surface area contributed by atoms with E-state index in [4.69, 9.17) is 9.72 Å². The first-order chi connectivity index (χ1) is 14.6. The van der Waals surface area contributed by atoms with Gasteiger partial charge in [0.1, 0.15) is 10.6 Å². The Bertz CT molecular complexity index is 1270. The van der Waals surface area contributed by atoms with Crippen LogP contribution >= 0.6 is 11.3 Å². The van der Waals surface area contributed by atoms with Crippen LogP contribution in [0.15, 0.2) is 42.5 Å². The lowest BCUT2D eigenvalue weighted by molar-refractivity contribution is 0.0949. The number of hydrogen-bond acceptors (Lipinski definition) is 5. The fraction of sp³-hybridized carbons (Fsp3) is 0.250. The van der Waals surface area contributed by atoms with Crippen molar-refractivity contribution in [3.63, 3.8) is 0 Å². The average molecular weight is 418 g/mol. The lowest BCUT2D eigenvalue weighted by atomic mass is 10.0. The van der Waals surface area contributed by atoms with E-state index in [1.165, 1.54) is 16.9 Å². The Morgan fingerprint density at radius 2 is 2.07 bits per heavy atom. The Kier molecular flexibility index (Phi) is 4.59. The minimum atomic E-state index is -0.00935. The van der Waals surface area contributed by atoms with Gasteiger partial charge >= 0.3 is 0 Å². The van der Waals surface area contributed by atoms with Gasteiger partial charge in [0, 0.05) is 33.6 Å². The molecule has 30 heavy (non-hydrogen) atoms. The van der Waals surface area contributed by atoms with Crippen molar-refractivity contribution in [3.8, 4) is 17.0 Å². The molecular weight excluding hydrogens is 394 g/mol. The van der Waals surface area contributed by atoms with Gasteiger partial charge in [-0.05, 0) is 61.4 Å². The molecule has 4 aromatic rings. The Balaban J connectivity index is 1.68. The van der Waals surface area contributed by atoms with E-state index in [1.807, 2.05) is 19.1 Å². The molecular formula is C24H23N3O2S. The second kappa shape index (κ2) is 7.29. The van der Waals surface area contributed by atoms with Crippen LogP contribution in [0.1, 0.15) is 29.1 Å². The number of carbonyl (C=O) groups is 1. The number of aromatic nitrogens is 1. The van der Waals surface area contributed by atoms with Crippen LogP contribution in [-0.2, 0) is 6.42 Å². The third-order valence-electron chi connectivity index (χ3n) is 5.60. The summed E-state index contributed by atoms with van der Waals surface area (Å²) < 4.78 is 6.57. The third kappa shape index (κ3) is 3.08. The van der Waals surface area contributed by atoms with Gasteiger partial charge in [-0.1, -0.05) is 6.92 Å². The Labute approximate surface area is 179 Å². The molecule has 152 valence electrons. The highest BCUT2D eigenvalue weighted by Gasteiger charge is 2.24. The van der Waals surface area contributed by atoms with E-state index in [0.29, 0.717) is 6.54 Å². The average Bonchev–Trinajstić information content (AvgIpc) is 3.09. The lowest BCUT2D eigenvalue weighted by Gasteiger charge is -2.11. The standard InChI is InChI=1S/C24H23N3O2S/c1-4-14-9-15(11-16(10-14)29-3)18-6-5-17-19(27-18)7-8-20-21(17)22-23(30-20)24(28)26-13(2)12-25-22/h5-11,13,25H,4,12H2,1-3H3,(H,26,28)/t13-/m1/s1. The smallest absolute Gasteiger partial charge is 0.263 e. The molecule has 0 bridgehead atoms. The molecule has 1 aliphatic rings. The summed E-state index contributed by atoms with van der Waals surface area (Å²) in [5.74, 6) is 0.832. The number of thiophene rings is 1. The SMILES string of the molecule is CCc1cc(OC)cc(-c2ccc3c(ccc4sc5c(c43)NC[C@@H](C)NC5=O)n2)c1. The molecule has 0 unspecified atom stereocenters. The van der Waals surface area contributed by atoms with Crippen molar-refractivity contribution in [1.82, 2.24) is 10.3 Å². The zero-order valence-electron chi connectivity index (χ0n) is 17.2. The van der Waals surface area contributed by atoms with Crippen LogP contribution in [0.25, 0.3) is 32.2 Å². The van der Waals surface area contributed by atoms with Crippen LogP contribution in [-0.4, -0.2) is 30.6 Å². The molecule has 0 fully saturated rings. The molecule has 1 atom stereocenters. The molecule has 5 rings (SSSR count). The van der Waals surface area contributed by atoms with Crippen molar-refractivity contribution in [2.24, 2.45) is 0 Å². The third-order valence-corrected chi connectivity index (χ3v) is 6.75. The number of nitrogens with one attached hydrogen (secondary N) is 2. The molecule has 5 nitrogen and oxygen atoms in total. The molecule has 0 aliphatic carbocycles. The van der Waals surface area contributed by atoms with Gasteiger partial charge in [0.05, 0.1) is 24.0 Å². The van der Waals surface area contributed by atoms with E-state index in [1.54, 1.807) is 7.11 Å². The fourth-order valence-corrected chi connectivity index (χ4v) is 5.11.